The molecule has 0 bridgehead atoms. The Hall–Kier alpha value is -1.07. The van der Waals surface area contributed by atoms with Crippen molar-refractivity contribution in [2.75, 3.05) is 13.7 Å². The van der Waals surface area contributed by atoms with E-state index >= 15 is 0 Å². The fraction of sp³-hybridized carbons (Fsp3) is 0.632. The van der Waals surface area contributed by atoms with Gasteiger partial charge in [0, 0.05) is 17.0 Å². The van der Waals surface area contributed by atoms with Crippen LogP contribution in [0.25, 0.3) is 0 Å². The van der Waals surface area contributed by atoms with Crippen LogP contribution in [-0.2, 0) is 21.4 Å². The standard InChI is InChI=1S/C19H25BrN2O2/c1-3-12-9-18(7-6-16(12)23-2)10-13-4-5-14(20)8-15(13)19(18)11-24-17(21)22-19/h4-5,8,12,16H,3,6-7,9-11H2,1-2H3,(H2,21,22)/t12-,16-,18-,19-/m0/s1/i11D2. The molecule has 4 rings (SSSR count). The molecule has 3 aliphatic rings. The Kier molecular flexibility index (Phi) is 3.38. The molecular weight excluding hydrogens is 368 g/mol. The highest BCUT2D eigenvalue weighted by molar-refractivity contribution is 9.10. The number of amidine groups is 1. The van der Waals surface area contributed by atoms with Gasteiger partial charge in [-0.1, -0.05) is 35.3 Å². The van der Waals surface area contributed by atoms with Gasteiger partial charge < -0.3 is 15.2 Å². The first-order chi connectivity index (χ1) is 12.3. The Bertz CT molecular complexity index is 772. The van der Waals surface area contributed by atoms with Gasteiger partial charge in [0.05, 0.1) is 8.85 Å². The molecule has 130 valence electrons. The van der Waals surface area contributed by atoms with Gasteiger partial charge in [-0.3, -0.25) is 0 Å². The van der Waals surface area contributed by atoms with E-state index in [1.54, 1.807) is 7.11 Å². The van der Waals surface area contributed by atoms with E-state index in [0.29, 0.717) is 5.92 Å². The van der Waals surface area contributed by atoms with E-state index in [-0.39, 0.29) is 17.5 Å². The Morgan fingerprint density at radius 3 is 3.04 bits per heavy atom. The zero-order valence-electron chi connectivity index (χ0n) is 16.1. The summed E-state index contributed by atoms with van der Waals surface area (Å²) in [6.07, 6.45) is 4.61. The Labute approximate surface area is 154 Å². The van der Waals surface area contributed by atoms with Gasteiger partial charge in [0.25, 0.3) is 6.02 Å². The van der Waals surface area contributed by atoms with Gasteiger partial charge in [0.1, 0.15) is 12.1 Å². The van der Waals surface area contributed by atoms with E-state index in [2.05, 4.69) is 33.9 Å². The summed E-state index contributed by atoms with van der Waals surface area (Å²) in [5.41, 5.74) is 6.52. The molecule has 4 atom stereocenters. The van der Waals surface area contributed by atoms with Crippen LogP contribution in [0, 0.1) is 11.3 Å². The van der Waals surface area contributed by atoms with Gasteiger partial charge >= 0.3 is 0 Å². The number of aliphatic imine (C=N–C) groups is 1. The molecular formula is C19H25BrN2O2. The van der Waals surface area contributed by atoms with E-state index in [9.17, 15) is 0 Å². The minimum absolute atomic E-state index is 0.0517. The summed E-state index contributed by atoms with van der Waals surface area (Å²) in [6.45, 7) is 0.208. The fourth-order valence-corrected chi connectivity index (χ4v) is 5.45. The molecule has 1 aromatic carbocycles. The number of hydrogen-bond acceptors (Lipinski definition) is 4. The van der Waals surface area contributed by atoms with E-state index in [1.165, 1.54) is 0 Å². The molecule has 4 nitrogen and oxygen atoms in total. The van der Waals surface area contributed by atoms with Crippen LogP contribution in [0.15, 0.2) is 27.7 Å². The molecule has 2 aliphatic carbocycles. The molecule has 1 heterocycles. The summed E-state index contributed by atoms with van der Waals surface area (Å²) >= 11 is 3.54. The quantitative estimate of drug-likeness (QED) is 0.830. The number of methoxy groups -OCH3 is 1. The summed E-state index contributed by atoms with van der Waals surface area (Å²) in [7, 11) is 1.77. The molecule has 1 aliphatic heterocycles. The highest BCUT2D eigenvalue weighted by Crippen LogP contribution is 2.62. The van der Waals surface area contributed by atoms with Crippen molar-refractivity contribution >= 4 is 22.0 Å². The zero-order valence-corrected chi connectivity index (χ0v) is 15.7. The van der Waals surface area contributed by atoms with Gasteiger partial charge in [-0.2, -0.15) is 0 Å². The zero-order chi connectivity index (χ0) is 18.7. The van der Waals surface area contributed by atoms with Gasteiger partial charge in [-0.25, -0.2) is 4.99 Å². The van der Waals surface area contributed by atoms with Crippen molar-refractivity contribution in [2.24, 2.45) is 22.1 Å². The summed E-state index contributed by atoms with van der Waals surface area (Å²) in [5.74, 6) is 0.371. The summed E-state index contributed by atoms with van der Waals surface area (Å²) in [4.78, 5) is 4.69. The van der Waals surface area contributed by atoms with Crippen molar-refractivity contribution in [2.45, 2.75) is 50.7 Å². The number of benzene rings is 1. The van der Waals surface area contributed by atoms with Crippen LogP contribution in [0.2, 0.25) is 0 Å². The SMILES string of the molecule is [2H]C1([2H])OC(N)=N[C@]12c1cc(Br)ccc1C[C@@]21CC[C@H](OC)[C@@H](CC)C1. The van der Waals surface area contributed by atoms with E-state index in [1.807, 2.05) is 12.1 Å². The van der Waals surface area contributed by atoms with E-state index in [0.717, 1.165) is 47.7 Å². The van der Waals surface area contributed by atoms with Gasteiger partial charge in [-0.15, -0.1) is 0 Å². The molecule has 2 spiro atoms. The molecule has 5 heteroatoms. The third kappa shape index (κ3) is 2.17. The number of ether oxygens (including phenoxy) is 2. The molecule has 1 saturated carbocycles. The number of fused-ring (bicyclic) bond motifs is 3. The lowest BCUT2D eigenvalue weighted by Crippen LogP contribution is -2.49. The largest absolute Gasteiger partial charge is 0.462 e. The second-order valence-electron chi connectivity index (χ2n) is 7.31. The molecule has 0 saturated heterocycles. The lowest BCUT2D eigenvalue weighted by atomic mass is 9.59. The Morgan fingerprint density at radius 1 is 1.54 bits per heavy atom. The first-order valence-electron chi connectivity index (χ1n) is 9.64. The van der Waals surface area contributed by atoms with Crippen LogP contribution in [-0.4, -0.2) is 25.8 Å². The van der Waals surface area contributed by atoms with Crippen molar-refractivity contribution in [3.05, 3.63) is 33.8 Å². The average Bonchev–Trinajstić information content (AvgIpc) is 3.00. The first-order valence-corrected chi connectivity index (χ1v) is 9.44. The summed E-state index contributed by atoms with van der Waals surface area (Å²) < 4.78 is 29.6. The monoisotopic (exact) mass is 394 g/mol. The Balaban J connectivity index is 1.91. The van der Waals surface area contributed by atoms with Crippen LogP contribution in [0.3, 0.4) is 0 Å². The van der Waals surface area contributed by atoms with Crippen LogP contribution in [0.4, 0.5) is 0 Å². The number of halogens is 1. The summed E-state index contributed by atoms with van der Waals surface area (Å²) in [6, 6.07) is 6.04. The minimum atomic E-state index is -1.97. The van der Waals surface area contributed by atoms with Crippen LogP contribution in [0.5, 0.6) is 0 Å². The molecule has 2 N–H and O–H groups in total. The van der Waals surface area contributed by atoms with Crippen molar-refractivity contribution in [3.8, 4) is 0 Å². The fourth-order valence-electron chi connectivity index (χ4n) is 5.09. The molecule has 0 radical (unpaired) electrons. The smallest absolute Gasteiger partial charge is 0.283 e. The summed E-state index contributed by atoms with van der Waals surface area (Å²) in [5, 5.41) is 0. The molecule has 0 aromatic heterocycles. The molecule has 1 fully saturated rings. The topological polar surface area (TPSA) is 56.8 Å². The minimum Gasteiger partial charge on any atom is -0.462 e. The number of rotatable bonds is 2. The predicted molar refractivity (Wildman–Crippen MR) is 98.0 cm³/mol. The van der Waals surface area contributed by atoms with Gasteiger partial charge in [0.15, 0.2) is 0 Å². The van der Waals surface area contributed by atoms with Crippen molar-refractivity contribution in [1.29, 1.82) is 0 Å². The normalized spacial score (nSPS) is 40.9. The van der Waals surface area contributed by atoms with Crippen LogP contribution < -0.4 is 5.73 Å². The Morgan fingerprint density at radius 2 is 2.38 bits per heavy atom. The van der Waals surface area contributed by atoms with Crippen molar-refractivity contribution in [3.63, 3.8) is 0 Å². The number of nitrogens with two attached hydrogens (primary N) is 1. The molecule has 0 amide bonds. The second-order valence-corrected chi connectivity index (χ2v) is 8.22. The van der Waals surface area contributed by atoms with Crippen molar-refractivity contribution in [1.82, 2.24) is 0 Å². The van der Waals surface area contributed by atoms with Crippen molar-refractivity contribution < 1.29 is 12.2 Å². The third-order valence-corrected chi connectivity index (χ3v) is 6.75. The number of nitrogens with zero attached hydrogens (tertiary/aromatic N) is 1. The van der Waals surface area contributed by atoms with E-state index < -0.39 is 12.1 Å². The average molecular weight is 395 g/mol. The van der Waals surface area contributed by atoms with Crippen LogP contribution in [0.1, 0.15) is 46.5 Å². The maximum Gasteiger partial charge on any atom is 0.283 e. The van der Waals surface area contributed by atoms with E-state index in [4.69, 9.17) is 17.9 Å². The van der Waals surface area contributed by atoms with Gasteiger partial charge in [0.2, 0.25) is 0 Å². The van der Waals surface area contributed by atoms with Gasteiger partial charge in [-0.05, 0) is 54.9 Å². The third-order valence-electron chi connectivity index (χ3n) is 6.25. The maximum atomic E-state index is 8.75. The molecule has 24 heavy (non-hydrogen) atoms. The first kappa shape index (κ1) is 14.1. The highest BCUT2D eigenvalue weighted by Gasteiger charge is 2.62. The highest BCUT2D eigenvalue weighted by atomic mass is 79.9. The molecule has 1 aromatic rings. The molecule has 0 unspecified atom stereocenters. The number of hydrogen-bond donors (Lipinski definition) is 1. The maximum absolute atomic E-state index is 8.75. The second kappa shape index (κ2) is 5.73. The predicted octanol–water partition coefficient (Wildman–Crippen LogP) is 3.76. The lowest BCUT2D eigenvalue weighted by Gasteiger charge is -2.48. The van der Waals surface area contributed by atoms with Crippen LogP contribution >= 0.6 is 15.9 Å². The lowest BCUT2D eigenvalue weighted by molar-refractivity contribution is -0.0514.